The summed E-state index contributed by atoms with van der Waals surface area (Å²) in [5, 5.41) is 0. The second kappa shape index (κ2) is 3.38. The molecule has 0 amide bonds. The Balaban J connectivity index is 2.49. The topological polar surface area (TPSA) is 4.93 Å². The molecule has 0 aliphatic rings. The predicted octanol–water partition coefficient (Wildman–Crippen LogP) is 1.55. The van der Waals surface area contributed by atoms with Crippen LogP contribution in [0.3, 0.4) is 0 Å². The van der Waals surface area contributed by atoms with Gasteiger partial charge >= 0.3 is 0 Å². The summed E-state index contributed by atoms with van der Waals surface area (Å²) in [6.07, 6.45) is 3.36. The van der Waals surface area contributed by atoms with E-state index >= 15 is 0 Å². The zero-order valence-electron chi connectivity index (χ0n) is 8.59. The van der Waals surface area contributed by atoms with E-state index in [9.17, 15) is 0 Å². The first-order valence-electron chi connectivity index (χ1n) is 4.59. The number of nitrogens with zero attached hydrogens (tertiary/aromatic N) is 1. The number of aryl methyl sites for hydroxylation is 1. The Morgan fingerprint density at radius 1 is 1.42 bits per heavy atom. The molecular weight excluding hydrogens is 145 g/mol. The van der Waals surface area contributed by atoms with Crippen LogP contribution >= 0.6 is 0 Å². The van der Waals surface area contributed by atoms with Gasteiger partial charge in [-0.3, -0.25) is 0 Å². The minimum absolute atomic E-state index is 0.449. The van der Waals surface area contributed by atoms with Crippen LogP contribution in [0.25, 0.3) is 0 Å². The molecule has 0 N–H and O–H groups in total. The van der Waals surface area contributed by atoms with E-state index in [2.05, 4.69) is 50.7 Å². The molecule has 1 aromatic heterocycles. The summed E-state index contributed by atoms with van der Waals surface area (Å²) in [6.45, 7) is 6.86. The van der Waals surface area contributed by atoms with Crippen molar-refractivity contribution in [1.29, 1.82) is 0 Å². The molecule has 0 unspecified atom stereocenters. The number of hydrogen-bond donors (Lipinski definition) is 0. The van der Waals surface area contributed by atoms with E-state index in [1.54, 1.807) is 0 Å². The van der Waals surface area contributed by atoms with E-state index in [0.717, 1.165) is 0 Å². The minimum atomic E-state index is 0.449. The van der Waals surface area contributed by atoms with E-state index in [-0.39, 0.29) is 0 Å². The SMILES string of the molecule is Cn1cccc1BCC(C)(C)C. The summed E-state index contributed by atoms with van der Waals surface area (Å²) < 4.78 is 2.20. The molecule has 66 valence electrons. The lowest BCUT2D eigenvalue weighted by molar-refractivity contribution is 0.467. The third-order valence-corrected chi connectivity index (χ3v) is 2.18. The first kappa shape index (κ1) is 9.43. The van der Waals surface area contributed by atoms with Gasteiger partial charge in [0.05, 0.1) is 0 Å². The van der Waals surface area contributed by atoms with Gasteiger partial charge in [0.1, 0.15) is 0 Å². The van der Waals surface area contributed by atoms with Crippen LogP contribution in [-0.2, 0) is 7.05 Å². The molecule has 0 saturated heterocycles. The van der Waals surface area contributed by atoms with Crippen molar-refractivity contribution in [3.05, 3.63) is 18.3 Å². The molecule has 2 heteroatoms. The van der Waals surface area contributed by atoms with E-state index in [0.29, 0.717) is 5.41 Å². The van der Waals surface area contributed by atoms with E-state index < -0.39 is 0 Å². The average molecular weight is 163 g/mol. The van der Waals surface area contributed by atoms with E-state index in [4.69, 9.17) is 0 Å². The molecule has 0 aliphatic heterocycles. The summed E-state index contributed by atoms with van der Waals surface area (Å²) in [6, 6.07) is 4.31. The van der Waals surface area contributed by atoms with Crippen LogP contribution in [-0.4, -0.2) is 11.8 Å². The molecule has 0 fully saturated rings. The second-order valence-corrected chi connectivity index (χ2v) is 4.67. The molecule has 0 radical (unpaired) electrons. The Morgan fingerprint density at radius 3 is 2.50 bits per heavy atom. The van der Waals surface area contributed by atoms with Crippen LogP contribution in [0.2, 0.25) is 6.32 Å². The van der Waals surface area contributed by atoms with E-state index in [1.165, 1.54) is 19.2 Å². The van der Waals surface area contributed by atoms with Gasteiger partial charge in [0.15, 0.2) is 7.28 Å². The summed E-state index contributed by atoms with van der Waals surface area (Å²) >= 11 is 0. The van der Waals surface area contributed by atoms with Crippen LogP contribution < -0.4 is 5.59 Å². The van der Waals surface area contributed by atoms with Crippen LogP contribution in [0, 0.1) is 5.41 Å². The van der Waals surface area contributed by atoms with Crippen molar-refractivity contribution in [2.24, 2.45) is 12.5 Å². The smallest absolute Gasteiger partial charge is 0.179 e. The summed E-state index contributed by atoms with van der Waals surface area (Å²) in [5.41, 5.74) is 1.88. The zero-order valence-corrected chi connectivity index (χ0v) is 8.59. The Kier molecular flexibility index (Phi) is 2.66. The Morgan fingerprint density at radius 2 is 2.08 bits per heavy atom. The highest BCUT2D eigenvalue weighted by atomic mass is 14.9. The largest absolute Gasteiger partial charge is 0.363 e. The number of aromatic nitrogens is 1. The molecule has 1 nitrogen and oxygen atoms in total. The van der Waals surface area contributed by atoms with Crippen molar-refractivity contribution >= 4 is 12.9 Å². The lowest BCUT2D eigenvalue weighted by atomic mass is 9.62. The third kappa shape index (κ3) is 2.76. The van der Waals surface area contributed by atoms with Gasteiger partial charge in [-0.15, -0.1) is 0 Å². The van der Waals surface area contributed by atoms with Gasteiger partial charge in [-0.05, 0) is 17.1 Å². The second-order valence-electron chi connectivity index (χ2n) is 4.67. The summed E-state index contributed by atoms with van der Waals surface area (Å²) in [7, 11) is 3.30. The quantitative estimate of drug-likeness (QED) is 0.583. The van der Waals surface area contributed by atoms with Crippen molar-refractivity contribution < 1.29 is 0 Å². The third-order valence-electron chi connectivity index (χ3n) is 2.18. The summed E-state index contributed by atoms with van der Waals surface area (Å²) in [4.78, 5) is 0. The van der Waals surface area contributed by atoms with Crippen LogP contribution in [0.1, 0.15) is 20.8 Å². The molecule has 0 bridgehead atoms. The first-order valence-corrected chi connectivity index (χ1v) is 4.59. The lowest BCUT2D eigenvalue weighted by Gasteiger charge is -2.17. The molecule has 1 rings (SSSR count). The van der Waals surface area contributed by atoms with Crippen molar-refractivity contribution in [2.45, 2.75) is 27.1 Å². The van der Waals surface area contributed by atoms with Gasteiger partial charge < -0.3 is 4.57 Å². The Labute approximate surface area is 76.0 Å². The predicted molar refractivity (Wildman–Crippen MR) is 56.5 cm³/mol. The van der Waals surface area contributed by atoms with Crippen molar-refractivity contribution in [1.82, 2.24) is 4.57 Å². The van der Waals surface area contributed by atoms with Gasteiger partial charge in [0, 0.05) is 13.2 Å². The lowest BCUT2D eigenvalue weighted by Crippen LogP contribution is -2.24. The number of hydrogen-bond acceptors (Lipinski definition) is 0. The Hall–Kier alpha value is -0.655. The van der Waals surface area contributed by atoms with Crippen LogP contribution in [0.15, 0.2) is 18.3 Å². The maximum absolute atomic E-state index is 2.29. The van der Waals surface area contributed by atoms with Crippen molar-refractivity contribution in [3.8, 4) is 0 Å². The monoisotopic (exact) mass is 163 g/mol. The molecule has 1 heterocycles. The summed E-state index contributed by atoms with van der Waals surface area (Å²) in [5.74, 6) is 0. The highest BCUT2D eigenvalue weighted by Gasteiger charge is 2.11. The highest BCUT2D eigenvalue weighted by Crippen LogP contribution is 2.17. The fourth-order valence-corrected chi connectivity index (χ4v) is 1.26. The molecule has 0 aromatic carbocycles. The molecule has 0 spiro atoms. The zero-order chi connectivity index (χ0) is 9.19. The van der Waals surface area contributed by atoms with Gasteiger partial charge in [-0.25, -0.2) is 0 Å². The first-order chi connectivity index (χ1) is 5.49. The van der Waals surface area contributed by atoms with Gasteiger partial charge in [0.25, 0.3) is 0 Å². The normalized spacial score (nSPS) is 11.7. The maximum atomic E-state index is 2.29. The fourth-order valence-electron chi connectivity index (χ4n) is 1.26. The maximum Gasteiger partial charge on any atom is 0.179 e. The van der Waals surface area contributed by atoms with Crippen LogP contribution in [0.4, 0.5) is 0 Å². The number of rotatable bonds is 2. The van der Waals surface area contributed by atoms with Gasteiger partial charge in [-0.2, -0.15) is 0 Å². The molecule has 0 atom stereocenters. The average Bonchev–Trinajstić information content (AvgIpc) is 2.29. The van der Waals surface area contributed by atoms with E-state index in [1.807, 2.05) is 0 Å². The van der Waals surface area contributed by atoms with Gasteiger partial charge in [-0.1, -0.05) is 33.2 Å². The molecule has 0 saturated carbocycles. The standard InChI is InChI=1S/C10H18BN/c1-10(2,3)8-11-9-6-5-7-12(9)4/h5-7,11H,8H2,1-4H3. The van der Waals surface area contributed by atoms with Crippen molar-refractivity contribution in [3.63, 3.8) is 0 Å². The molecule has 0 aliphatic carbocycles. The van der Waals surface area contributed by atoms with Crippen LogP contribution in [0.5, 0.6) is 0 Å². The minimum Gasteiger partial charge on any atom is -0.363 e. The fraction of sp³-hybridized carbons (Fsp3) is 0.600. The molecule has 12 heavy (non-hydrogen) atoms. The van der Waals surface area contributed by atoms with Crippen molar-refractivity contribution in [2.75, 3.05) is 0 Å². The molecule has 1 aromatic rings. The Bertz CT molecular complexity index is 245. The highest BCUT2D eigenvalue weighted by molar-refractivity contribution is 6.52. The molecular formula is C10H18BN. The van der Waals surface area contributed by atoms with Gasteiger partial charge in [0.2, 0.25) is 0 Å².